The van der Waals surface area contributed by atoms with Gasteiger partial charge >= 0.3 is 0 Å². The fourth-order valence-electron chi connectivity index (χ4n) is 6.23. The summed E-state index contributed by atoms with van der Waals surface area (Å²) in [5, 5.41) is 6.45. The number of rotatable bonds is 9. The van der Waals surface area contributed by atoms with Gasteiger partial charge in [-0.25, -0.2) is 5.01 Å². The zero-order valence-corrected chi connectivity index (χ0v) is 27.8. The Kier molecular flexibility index (Phi) is 12.2. The van der Waals surface area contributed by atoms with Gasteiger partial charge in [-0.1, -0.05) is 12.2 Å². The molecule has 3 heterocycles. The quantitative estimate of drug-likeness (QED) is 0.260. The van der Waals surface area contributed by atoms with Gasteiger partial charge in [-0.15, -0.1) is 24.8 Å². The van der Waals surface area contributed by atoms with Gasteiger partial charge in [0.2, 0.25) is 0 Å². The lowest BCUT2D eigenvalue weighted by Gasteiger charge is -2.37. The standard InChI is InChI=1S/C35H39N5O4.2ClH/c1-3-43-31-14-11-27(23-32(31)44-4-2)33-29-7-5-6-8-30(29)35(42)40(37-33)28-12-9-26(10-13-28)34(41)39-21-19-38(20-22-39)24-25-15-17-36-18-16-25;;/h5-6,9-18,23,29-30H,3-4,7-8,19-22,24H2,1-2H3;2*1H/t29-,30+;;/m0../s1. The monoisotopic (exact) mass is 665 g/mol. The zero-order valence-electron chi connectivity index (χ0n) is 26.2. The van der Waals surface area contributed by atoms with Crippen molar-refractivity contribution in [2.24, 2.45) is 16.9 Å². The van der Waals surface area contributed by atoms with Crippen LogP contribution >= 0.6 is 24.8 Å². The van der Waals surface area contributed by atoms with E-state index >= 15 is 0 Å². The first-order valence-corrected chi connectivity index (χ1v) is 15.5. The smallest absolute Gasteiger partial charge is 0.253 e. The lowest BCUT2D eigenvalue weighted by atomic mass is 9.76. The highest BCUT2D eigenvalue weighted by Crippen LogP contribution is 2.38. The number of nitrogens with zero attached hydrogens (tertiary/aromatic N) is 5. The number of ether oxygens (including phenoxy) is 2. The normalized spacial score (nSPS) is 19.3. The number of fused-ring (bicyclic) bond motifs is 1. The molecule has 11 heteroatoms. The largest absolute Gasteiger partial charge is 0.490 e. The van der Waals surface area contributed by atoms with Crippen molar-refractivity contribution in [3.05, 3.63) is 95.8 Å². The number of hydrazone groups is 1. The van der Waals surface area contributed by atoms with E-state index in [-0.39, 0.29) is 48.5 Å². The number of piperazine rings is 1. The average Bonchev–Trinajstić information content (AvgIpc) is 3.07. The van der Waals surface area contributed by atoms with Crippen molar-refractivity contribution in [3.63, 3.8) is 0 Å². The molecule has 0 saturated carbocycles. The fourth-order valence-corrected chi connectivity index (χ4v) is 6.23. The van der Waals surface area contributed by atoms with E-state index in [1.807, 2.05) is 73.6 Å². The average molecular weight is 667 g/mol. The van der Waals surface area contributed by atoms with Crippen LogP contribution in [0.5, 0.6) is 11.5 Å². The van der Waals surface area contributed by atoms with Crippen LogP contribution in [0.15, 0.2) is 84.2 Å². The molecule has 0 unspecified atom stereocenters. The van der Waals surface area contributed by atoms with Crippen LogP contribution in [-0.4, -0.2) is 71.7 Å². The van der Waals surface area contributed by atoms with Crippen molar-refractivity contribution in [1.29, 1.82) is 0 Å². The van der Waals surface area contributed by atoms with Gasteiger partial charge in [-0.2, -0.15) is 5.10 Å². The summed E-state index contributed by atoms with van der Waals surface area (Å²) in [6.45, 7) is 8.79. The van der Waals surface area contributed by atoms with Crippen LogP contribution in [0.25, 0.3) is 0 Å². The lowest BCUT2D eigenvalue weighted by Crippen LogP contribution is -2.48. The highest BCUT2D eigenvalue weighted by molar-refractivity contribution is 6.11. The number of anilines is 1. The van der Waals surface area contributed by atoms with Crippen LogP contribution in [0.3, 0.4) is 0 Å². The van der Waals surface area contributed by atoms with E-state index < -0.39 is 0 Å². The predicted octanol–water partition coefficient (Wildman–Crippen LogP) is 6.01. The summed E-state index contributed by atoms with van der Waals surface area (Å²) >= 11 is 0. The number of benzene rings is 2. The van der Waals surface area contributed by atoms with Crippen molar-refractivity contribution in [2.45, 2.75) is 33.2 Å². The Bertz CT molecular complexity index is 1540. The van der Waals surface area contributed by atoms with Gasteiger partial charge in [-0.3, -0.25) is 19.5 Å². The van der Waals surface area contributed by atoms with Crippen molar-refractivity contribution in [3.8, 4) is 11.5 Å². The molecule has 1 aliphatic carbocycles. The molecule has 3 aliphatic rings. The van der Waals surface area contributed by atoms with Gasteiger partial charge < -0.3 is 14.4 Å². The van der Waals surface area contributed by atoms with E-state index in [1.54, 1.807) is 12.1 Å². The number of aromatic nitrogens is 1. The second-order valence-electron chi connectivity index (χ2n) is 11.3. The van der Waals surface area contributed by atoms with Crippen LogP contribution in [0.4, 0.5) is 5.69 Å². The molecule has 2 aliphatic heterocycles. The van der Waals surface area contributed by atoms with Gasteiger partial charge in [0.15, 0.2) is 11.5 Å². The van der Waals surface area contributed by atoms with Crippen LogP contribution in [0, 0.1) is 11.8 Å². The van der Waals surface area contributed by atoms with Gasteiger partial charge in [0.1, 0.15) is 0 Å². The Balaban J connectivity index is 0.00000240. The number of hydrogen-bond donors (Lipinski definition) is 0. The minimum absolute atomic E-state index is 0. The first-order valence-electron chi connectivity index (χ1n) is 15.5. The number of amides is 2. The third kappa shape index (κ3) is 7.54. The maximum absolute atomic E-state index is 13.7. The Hall–Kier alpha value is -3.92. The Labute approximate surface area is 283 Å². The first kappa shape index (κ1) is 34.9. The van der Waals surface area contributed by atoms with Crippen LogP contribution in [0.2, 0.25) is 0 Å². The van der Waals surface area contributed by atoms with E-state index in [1.165, 1.54) is 10.6 Å². The molecule has 0 radical (unpaired) electrons. The first-order chi connectivity index (χ1) is 21.6. The Morgan fingerprint density at radius 3 is 2.15 bits per heavy atom. The second kappa shape index (κ2) is 16.1. The molecule has 0 N–H and O–H groups in total. The van der Waals surface area contributed by atoms with Crippen molar-refractivity contribution < 1.29 is 19.1 Å². The van der Waals surface area contributed by atoms with Crippen LogP contribution in [0.1, 0.15) is 48.2 Å². The topological polar surface area (TPSA) is 87.6 Å². The third-order valence-corrected chi connectivity index (χ3v) is 8.53. The molecule has 46 heavy (non-hydrogen) atoms. The predicted molar refractivity (Wildman–Crippen MR) is 185 cm³/mol. The molecular weight excluding hydrogens is 625 g/mol. The summed E-state index contributed by atoms with van der Waals surface area (Å²) in [5.41, 5.74) is 4.25. The van der Waals surface area contributed by atoms with Gasteiger partial charge in [0.25, 0.3) is 11.8 Å². The van der Waals surface area contributed by atoms with E-state index in [2.05, 4.69) is 22.0 Å². The highest BCUT2D eigenvalue weighted by atomic mass is 35.5. The highest BCUT2D eigenvalue weighted by Gasteiger charge is 2.41. The fraction of sp³-hybridized carbons (Fsp3) is 0.371. The van der Waals surface area contributed by atoms with E-state index in [9.17, 15) is 9.59 Å². The molecule has 1 saturated heterocycles. The summed E-state index contributed by atoms with van der Waals surface area (Å²) in [5.74, 6) is 1.11. The summed E-state index contributed by atoms with van der Waals surface area (Å²) in [6, 6.07) is 17.2. The maximum Gasteiger partial charge on any atom is 0.253 e. The van der Waals surface area contributed by atoms with E-state index in [4.69, 9.17) is 14.6 Å². The number of halogens is 2. The van der Waals surface area contributed by atoms with Crippen molar-refractivity contribution >= 4 is 48.0 Å². The van der Waals surface area contributed by atoms with Crippen molar-refractivity contribution in [1.82, 2.24) is 14.8 Å². The Morgan fingerprint density at radius 1 is 0.826 bits per heavy atom. The molecule has 0 spiro atoms. The molecule has 1 aromatic heterocycles. The minimum Gasteiger partial charge on any atom is -0.490 e. The van der Waals surface area contributed by atoms with Crippen LogP contribution in [-0.2, 0) is 11.3 Å². The van der Waals surface area contributed by atoms with Crippen molar-refractivity contribution in [2.75, 3.05) is 44.4 Å². The number of allylic oxidation sites excluding steroid dienone is 2. The molecule has 2 amide bonds. The molecular formula is C35H41Cl2N5O4. The number of pyridine rings is 1. The van der Waals surface area contributed by atoms with Gasteiger partial charge in [0, 0.05) is 62.2 Å². The van der Waals surface area contributed by atoms with E-state index in [0.717, 1.165) is 37.3 Å². The number of carbonyl (C=O) groups excluding carboxylic acids is 2. The SMILES string of the molecule is CCOc1ccc(C2=NN(c3ccc(C(=O)N4CCN(Cc5ccncc5)CC4)cc3)C(=O)[C@@H]3CC=CC[C@H]23)cc1OCC.Cl.Cl. The molecule has 3 aromatic rings. The second-order valence-corrected chi connectivity index (χ2v) is 11.3. The van der Waals surface area contributed by atoms with E-state index in [0.29, 0.717) is 55.5 Å². The summed E-state index contributed by atoms with van der Waals surface area (Å²) < 4.78 is 11.7. The summed E-state index contributed by atoms with van der Waals surface area (Å²) in [6.07, 6.45) is 9.26. The minimum atomic E-state index is -0.209. The van der Waals surface area contributed by atoms with Gasteiger partial charge in [0.05, 0.1) is 30.5 Å². The lowest BCUT2D eigenvalue weighted by molar-refractivity contribution is -0.123. The third-order valence-electron chi connectivity index (χ3n) is 8.53. The summed E-state index contributed by atoms with van der Waals surface area (Å²) in [7, 11) is 0. The molecule has 0 bridgehead atoms. The molecule has 244 valence electrons. The maximum atomic E-state index is 13.7. The molecule has 2 atom stereocenters. The number of hydrogen-bond acceptors (Lipinski definition) is 7. The molecule has 1 fully saturated rings. The molecule has 2 aromatic carbocycles. The van der Waals surface area contributed by atoms with Gasteiger partial charge in [-0.05, 0) is 86.8 Å². The van der Waals surface area contributed by atoms with Crippen LogP contribution < -0.4 is 14.5 Å². The Morgan fingerprint density at radius 2 is 1.48 bits per heavy atom. The molecule has 6 rings (SSSR count). The number of carbonyl (C=O) groups is 2. The summed E-state index contributed by atoms with van der Waals surface area (Å²) in [4.78, 5) is 35.4. The zero-order chi connectivity index (χ0) is 30.5. The molecule has 9 nitrogen and oxygen atoms in total.